The van der Waals surface area contributed by atoms with Crippen molar-refractivity contribution in [3.8, 4) is 0 Å². The van der Waals surface area contributed by atoms with Gasteiger partial charge in [-0.3, -0.25) is 14.0 Å². The molecule has 1 amide bonds. The maximum Gasteiger partial charge on any atom is 0.223 e. The van der Waals surface area contributed by atoms with Crippen LogP contribution in [0.2, 0.25) is 10.0 Å². The summed E-state index contributed by atoms with van der Waals surface area (Å²) in [5, 5.41) is 9.24. The van der Waals surface area contributed by atoms with Crippen molar-refractivity contribution in [1.29, 1.82) is 0 Å². The Bertz CT molecular complexity index is 1110. The molecule has 0 N–H and O–H groups in total. The topological polar surface area (TPSA) is 67.6 Å². The molecule has 0 bridgehead atoms. The molecule has 9 heteroatoms. The Morgan fingerprint density at radius 2 is 2.00 bits per heavy atom. The molecule has 0 aliphatic carbocycles. The Balaban J connectivity index is 1.57. The summed E-state index contributed by atoms with van der Waals surface area (Å²) < 4.78 is 1.69. The number of benzene rings is 1. The van der Waals surface area contributed by atoms with Gasteiger partial charge in [-0.2, -0.15) is 0 Å². The van der Waals surface area contributed by atoms with Crippen LogP contribution in [0.4, 0.5) is 5.69 Å². The predicted molar refractivity (Wildman–Crippen MR) is 111 cm³/mol. The lowest BCUT2D eigenvalue weighted by Crippen LogP contribution is -2.25. The third-order valence-corrected chi connectivity index (χ3v) is 6.23. The molecule has 0 unspecified atom stereocenters. The fourth-order valence-corrected chi connectivity index (χ4v) is 4.72. The second-order valence-electron chi connectivity index (χ2n) is 6.57. The number of halogens is 2. The van der Waals surface area contributed by atoms with Crippen LogP contribution >= 0.6 is 35.0 Å². The smallest absolute Gasteiger partial charge is 0.223 e. The fourth-order valence-electron chi connectivity index (χ4n) is 3.31. The summed E-state index contributed by atoms with van der Waals surface area (Å²) in [6, 6.07) is 7.11. The number of aromatic nitrogens is 3. The van der Waals surface area contributed by atoms with Gasteiger partial charge in [0.15, 0.2) is 16.6 Å². The lowest BCUT2D eigenvalue weighted by Gasteiger charge is -2.15. The number of hydrogen-bond donors (Lipinski definition) is 0. The average Bonchev–Trinajstić information content (AvgIpc) is 3.25. The first-order valence-electron chi connectivity index (χ1n) is 8.67. The van der Waals surface area contributed by atoms with Gasteiger partial charge >= 0.3 is 0 Å². The van der Waals surface area contributed by atoms with E-state index in [1.54, 1.807) is 34.6 Å². The Hall–Kier alpha value is -2.09. The van der Waals surface area contributed by atoms with Gasteiger partial charge in [0.25, 0.3) is 0 Å². The lowest BCUT2D eigenvalue weighted by atomic mass is 10.0. The number of Topliss-reactive ketones (excluding diaryl/α,β-unsaturated/α-hetero) is 1. The van der Waals surface area contributed by atoms with Gasteiger partial charge in [-0.1, -0.05) is 35.0 Å². The van der Waals surface area contributed by atoms with Gasteiger partial charge in [0.2, 0.25) is 5.91 Å². The van der Waals surface area contributed by atoms with Crippen molar-refractivity contribution < 1.29 is 9.59 Å². The van der Waals surface area contributed by atoms with Gasteiger partial charge in [-0.05, 0) is 43.2 Å². The van der Waals surface area contributed by atoms with Crippen molar-refractivity contribution in [2.75, 3.05) is 11.4 Å². The highest BCUT2D eigenvalue weighted by Gasteiger charge is 2.25. The van der Waals surface area contributed by atoms with Crippen LogP contribution in [-0.4, -0.2) is 38.1 Å². The van der Waals surface area contributed by atoms with E-state index in [0.717, 1.165) is 17.7 Å². The Kier molecular flexibility index (Phi) is 5.07. The molecular weight excluding hydrogens is 419 g/mol. The molecule has 0 radical (unpaired) electrons. The van der Waals surface area contributed by atoms with Gasteiger partial charge in [0, 0.05) is 30.9 Å². The van der Waals surface area contributed by atoms with E-state index in [1.807, 2.05) is 19.1 Å². The standard InChI is InChI=1S/C19H16Cl2N4O2S/c1-10(28-19-23-22-18-15(21)8-14(20)9-25(18)19)17(27)13-3-4-16-12(7-13)5-6-24(16)11(2)26/h3-4,7-10H,5-6H2,1-2H3/t10-/m0/s1. The summed E-state index contributed by atoms with van der Waals surface area (Å²) in [4.78, 5) is 26.4. The number of pyridine rings is 1. The highest BCUT2D eigenvalue weighted by atomic mass is 35.5. The molecule has 0 saturated heterocycles. The van der Waals surface area contributed by atoms with Crippen LogP contribution in [0.3, 0.4) is 0 Å². The van der Waals surface area contributed by atoms with Crippen molar-refractivity contribution in [3.63, 3.8) is 0 Å². The van der Waals surface area contributed by atoms with Crippen molar-refractivity contribution in [3.05, 3.63) is 51.6 Å². The zero-order chi connectivity index (χ0) is 20.0. The summed E-state index contributed by atoms with van der Waals surface area (Å²) >= 11 is 13.5. The molecule has 0 spiro atoms. The second kappa shape index (κ2) is 7.39. The predicted octanol–water partition coefficient (Wildman–Crippen LogP) is 4.31. The van der Waals surface area contributed by atoms with Crippen LogP contribution < -0.4 is 4.90 Å². The molecular formula is C19H16Cl2N4O2S. The summed E-state index contributed by atoms with van der Waals surface area (Å²) in [6.45, 7) is 4.03. The van der Waals surface area contributed by atoms with E-state index in [4.69, 9.17) is 23.2 Å². The van der Waals surface area contributed by atoms with Gasteiger partial charge in [-0.25, -0.2) is 0 Å². The maximum absolute atomic E-state index is 12.9. The van der Waals surface area contributed by atoms with E-state index in [0.29, 0.717) is 33.0 Å². The fraction of sp³-hybridized carbons (Fsp3) is 0.263. The molecule has 1 atom stereocenters. The summed E-state index contributed by atoms with van der Waals surface area (Å²) in [5.41, 5.74) is 3.02. The first kappa shape index (κ1) is 19.2. The van der Waals surface area contributed by atoms with Gasteiger partial charge in [0.1, 0.15) is 0 Å². The minimum atomic E-state index is -0.381. The summed E-state index contributed by atoms with van der Waals surface area (Å²) in [6.07, 6.45) is 2.43. The lowest BCUT2D eigenvalue weighted by molar-refractivity contribution is -0.116. The number of ketones is 1. The number of amides is 1. The molecule has 3 heterocycles. The Morgan fingerprint density at radius 3 is 2.75 bits per heavy atom. The molecule has 1 aromatic carbocycles. The first-order valence-corrected chi connectivity index (χ1v) is 10.3. The van der Waals surface area contributed by atoms with Crippen molar-refractivity contribution in [2.45, 2.75) is 30.7 Å². The van der Waals surface area contributed by atoms with Gasteiger partial charge in [-0.15, -0.1) is 10.2 Å². The highest BCUT2D eigenvalue weighted by molar-refractivity contribution is 8.00. The highest BCUT2D eigenvalue weighted by Crippen LogP contribution is 2.32. The number of carbonyl (C=O) groups excluding carboxylic acids is 2. The third kappa shape index (κ3) is 3.38. The number of anilines is 1. The molecule has 3 aromatic rings. The minimum Gasteiger partial charge on any atom is -0.312 e. The zero-order valence-electron chi connectivity index (χ0n) is 15.1. The van der Waals surface area contributed by atoms with Gasteiger partial charge in [0.05, 0.1) is 15.3 Å². The van der Waals surface area contributed by atoms with E-state index in [1.165, 1.54) is 11.8 Å². The monoisotopic (exact) mass is 434 g/mol. The number of rotatable bonds is 4. The Morgan fingerprint density at radius 1 is 1.21 bits per heavy atom. The van der Waals surface area contributed by atoms with Crippen LogP contribution in [0.1, 0.15) is 29.8 Å². The number of carbonyl (C=O) groups is 2. The molecule has 4 rings (SSSR count). The minimum absolute atomic E-state index is 0.0118. The normalized spacial score (nSPS) is 14.4. The Labute approximate surface area is 175 Å². The van der Waals surface area contributed by atoms with Crippen LogP contribution in [0.25, 0.3) is 5.65 Å². The van der Waals surface area contributed by atoms with Crippen LogP contribution in [0.5, 0.6) is 0 Å². The SMILES string of the molecule is CC(=O)N1CCc2cc(C(=O)[C@H](C)Sc3nnc4c(Cl)cc(Cl)cn34)ccc21. The summed E-state index contributed by atoms with van der Waals surface area (Å²) in [7, 11) is 0. The van der Waals surface area contributed by atoms with E-state index in [-0.39, 0.29) is 16.9 Å². The van der Waals surface area contributed by atoms with E-state index in [9.17, 15) is 9.59 Å². The van der Waals surface area contributed by atoms with Crippen LogP contribution in [0, 0.1) is 0 Å². The largest absolute Gasteiger partial charge is 0.312 e. The van der Waals surface area contributed by atoms with E-state index < -0.39 is 0 Å². The molecule has 0 fully saturated rings. The molecule has 0 saturated carbocycles. The molecule has 2 aromatic heterocycles. The molecule has 6 nitrogen and oxygen atoms in total. The van der Waals surface area contributed by atoms with E-state index in [2.05, 4.69) is 10.2 Å². The van der Waals surface area contributed by atoms with Crippen molar-refractivity contribution >= 4 is 58.0 Å². The molecule has 144 valence electrons. The second-order valence-corrected chi connectivity index (χ2v) is 8.72. The number of fused-ring (bicyclic) bond motifs is 2. The quantitative estimate of drug-likeness (QED) is 0.451. The molecule has 1 aliphatic rings. The van der Waals surface area contributed by atoms with Crippen molar-refractivity contribution in [2.24, 2.45) is 0 Å². The molecule has 1 aliphatic heterocycles. The summed E-state index contributed by atoms with van der Waals surface area (Å²) in [5.74, 6) is -0.00305. The third-order valence-electron chi connectivity index (χ3n) is 4.69. The molecule has 28 heavy (non-hydrogen) atoms. The first-order chi connectivity index (χ1) is 13.3. The van der Waals surface area contributed by atoms with Crippen LogP contribution in [-0.2, 0) is 11.2 Å². The van der Waals surface area contributed by atoms with Gasteiger partial charge < -0.3 is 4.90 Å². The van der Waals surface area contributed by atoms with Crippen molar-refractivity contribution in [1.82, 2.24) is 14.6 Å². The number of nitrogens with zero attached hydrogens (tertiary/aromatic N) is 4. The number of hydrogen-bond acceptors (Lipinski definition) is 5. The zero-order valence-corrected chi connectivity index (χ0v) is 17.5. The average molecular weight is 435 g/mol. The number of thioether (sulfide) groups is 1. The van der Waals surface area contributed by atoms with Crippen LogP contribution in [0.15, 0.2) is 35.6 Å². The maximum atomic E-state index is 12.9. The van der Waals surface area contributed by atoms with E-state index >= 15 is 0 Å².